The van der Waals surface area contributed by atoms with E-state index in [4.69, 9.17) is 15.0 Å². The number of nitrogens with zero attached hydrogens (tertiary/aromatic N) is 1. The number of ether oxygens (including phenoxy) is 1. The molecule has 0 fully saturated rings. The van der Waals surface area contributed by atoms with E-state index in [-0.39, 0.29) is 0 Å². The molecule has 102 valence electrons. The average Bonchev–Trinajstić information content (AvgIpc) is 2.75. The lowest BCUT2D eigenvalue weighted by Gasteiger charge is -2.11. The third-order valence-electron chi connectivity index (χ3n) is 3.58. The van der Waals surface area contributed by atoms with Crippen molar-refractivity contribution in [3.05, 3.63) is 34.5 Å². The summed E-state index contributed by atoms with van der Waals surface area (Å²) in [4.78, 5) is 0. The fourth-order valence-corrected chi connectivity index (χ4v) is 2.30. The van der Waals surface area contributed by atoms with Gasteiger partial charge in [0.1, 0.15) is 5.75 Å². The Kier molecular flexibility index (Phi) is 3.90. The van der Waals surface area contributed by atoms with Crippen LogP contribution in [0.5, 0.6) is 5.75 Å². The Bertz CT molecular complexity index is 588. The highest BCUT2D eigenvalue weighted by Crippen LogP contribution is 2.34. The van der Waals surface area contributed by atoms with Gasteiger partial charge in [-0.2, -0.15) is 0 Å². The zero-order chi connectivity index (χ0) is 14.0. The molecule has 4 heteroatoms. The first-order valence-corrected chi connectivity index (χ1v) is 6.40. The highest BCUT2D eigenvalue weighted by atomic mass is 16.5. The lowest BCUT2D eigenvalue weighted by molar-refractivity contribution is 0.410. The minimum Gasteiger partial charge on any atom is -0.496 e. The summed E-state index contributed by atoms with van der Waals surface area (Å²) < 4.78 is 10.8. The van der Waals surface area contributed by atoms with Gasteiger partial charge in [0.15, 0.2) is 5.76 Å². The van der Waals surface area contributed by atoms with E-state index < -0.39 is 0 Å². The standard InChI is InChI=1S/C15H20N2O2/c1-9-10(2)14(18-4)6-5-12(9)15-13(7-8-16)11(3)17-19-15/h5-6H,7-8,16H2,1-4H3. The van der Waals surface area contributed by atoms with Crippen LogP contribution >= 0.6 is 0 Å². The van der Waals surface area contributed by atoms with E-state index in [9.17, 15) is 0 Å². The molecule has 0 bridgehead atoms. The lowest BCUT2D eigenvalue weighted by Crippen LogP contribution is -2.04. The molecule has 1 heterocycles. The minimum atomic E-state index is 0.587. The SMILES string of the molecule is COc1ccc(-c2onc(C)c2CCN)c(C)c1C. The van der Waals surface area contributed by atoms with Gasteiger partial charge >= 0.3 is 0 Å². The summed E-state index contributed by atoms with van der Waals surface area (Å²) in [7, 11) is 1.68. The molecule has 0 spiro atoms. The summed E-state index contributed by atoms with van der Waals surface area (Å²) in [5.41, 5.74) is 11.0. The molecular formula is C15H20N2O2. The second kappa shape index (κ2) is 5.45. The van der Waals surface area contributed by atoms with Crippen LogP contribution < -0.4 is 10.5 Å². The van der Waals surface area contributed by atoms with Crippen LogP contribution in [-0.2, 0) is 6.42 Å². The van der Waals surface area contributed by atoms with Gasteiger partial charge in [-0.25, -0.2) is 0 Å². The summed E-state index contributed by atoms with van der Waals surface area (Å²) in [5.74, 6) is 1.71. The number of rotatable bonds is 4. The number of aryl methyl sites for hydroxylation is 1. The number of benzene rings is 1. The maximum absolute atomic E-state index is 5.66. The van der Waals surface area contributed by atoms with Crippen molar-refractivity contribution in [3.8, 4) is 17.1 Å². The molecule has 0 aliphatic rings. The van der Waals surface area contributed by atoms with Crippen LogP contribution in [0.15, 0.2) is 16.7 Å². The van der Waals surface area contributed by atoms with Crippen molar-refractivity contribution >= 4 is 0 Å². The molecule has 0 aliphatic carbocycles. The number of hydrogen-bond donors (Lipinski definition) is 1. The zero-order valence-corrected chi connectivity index (χ0v) is 11.9. The van der Waals surface area contributed by atoms with E-state index in [1.165, 1.54) is 0 Å². The van der Waals surface area contributed by atoms with Crippen molar-refractivity contribution in [1.82, 2.24) is 5.16 Å². The molecule has 0 radical (unpaired) electrons. The Labute approximate surface area is 113 Å². The predicted octanol–water partition coefficient (Wildman–Crippen LogP) is 2.78. The van der Waals surface area contributed by atoms with E-state index >= 15 is 0 Å². The molecule has 2 N–H and O–H groups in total. The number of hydrogen-bond acceptors (Lipinski definition) is 4. The molecule has 2 aromatic rings. The number of nitrogens with two attached hydrogens (primary N) is 1. The Morgan fingerprint density at radius 1 is 1.21 bits per heavy atom. The zero-order valence-electron chi connectivity index (χ0n) is 11.9. The van der Waals surface area contributed by atoms with E-state index in [1.807, 2.05) is 26.0 Å². The summed E-state index contributed by atoms with van der Waals surface area (Å²) in [6.45, 7) is 6.65. The molecule has 0 atom stereocenters. The maximum atomic E-state index is 5.66. The van der Waals surface area contributed by atoms with E-state index in [0.717, 1.165) is 45.9 Å². The van der Waals surface area contributed by atoms with Crippen molar-refractivity contribution in [2.45, 2.75) is 27.2 Å². The van der Waals surface area contributed by atoms with Gasteiger partial charge in [0, 0.05) is 11.1 Å². The van der Waals surface area contributed by atoms with Gasteiger partial charge in [-0.3, -0.25) is 0 Å². The molecule has 0 saturated carbocycles. The van der Waals surface area contributed by atoms with Crippen molar-refractivity contribution in [2.24, 2.45) is 5.73 Å². The van der Waals surface area contributed by atoms with Crippen LogP contribution in [0.1, 0.15) is 22.4 Å². The van der Waals surface area contributed by atoms with Gasteiger partial charge in [-0.15, -0.1) is 0 Å². The largest absolute Gasteiger partial charge is 0.496 e. The Morgan fingerprint density at radius 3 is 2.58 bits per heavy atom. The molecule has 0 aliphatic heterocycles. The van der Waals surface area contributed by atoms with Crippen LogP contribution in [0.2, 0.25) is 0 Å². The third kappa shape index (κ3) is 2.36. The first kappa shape index (κ1) is 13.6. The summed E-state index contributed by atoms with van der Waals surface area (Å²) in [6.07, 6.45) is 0.773. The van der Waals surface area contributed by atoms with E-state index in [1.54, 1.807) is 7.11 Å². The fraction of sp³-hybridized carbons (Fsp3) is 0.400. The average molecular weight is 260 g/mol. The highest BCUT2D eigenvalue weighted by molar-refractivity contribution is 5.69. The van der Waals surface area contributed by atoms with Crippen LogP contribution in [0.4, 0.5) is 0 Å². The number of aromatic nitrogens is 1. The van der Waals surface area contributed by atoms with Gasteiger partial charge in [0.2, 0.25) is 0 Å². The maximum Gasteiger partial charge on any atom is 0.170 e. The third-order valence-corrected chi connectivity index (χ3v) is 3.58. The molecule has 19 heavy (non-hydrogen) atoms. The van der Waals surface area contributed by atoms with Crippen LogP contribution in [0.25, 0.3) is 11.3 Å². The normalized spacial score (nSPS) is 10.8. The van der Waals surface area contributed by atoms with Crippen LogP contribution in [0, 0.1) is 20.8 Å². The highest BCUT2D eigenvalue weighted by Gasteiger charge is 2.17. The van der Waals surface area contributed by atoms with Crippen molar-refractivity contribution in [3.63, 3.8) is 0 Å². The molecule has 0 saturated heterocycles. The Balaban J connectivity index is 2.56. The first-order valence-electron chi connectivity index (χ1n) is 6.40. The summed E-state index contributed by atoms with van der Waals surface area (Å²) in [6, 6.07) is 3.98. The van der Waals surface area contributed by atoms with Crippen molar-refractivity contribution in [1.29, 1.82) is 0 Å². The first-order chi connectivity index (χ1) is 9.10. The van der Waals surface area contributed by atoms with Crippen molar-refractivity contribution in [2.75, 3.05) is 13.7 Å². The fourth-order valence-electron chi connectivity index (χ4n) is 2.30. The van der Waals surface area contributed by atoms with Gasteiger partial charge < -0.3 is 15.0 Å². The Morgan fingerprint density at radius 2 is 1.95 bits per heavy atom. The molecule has 1 aromatic carbocycles. The predicted molar refractivity (Wildman–Crippen MR) is 75.5 cm³/mol. The summed E-state index contributed by atoms with van der Waals surface area (Å²) in [5, 5.41) is 4.06. The monoisotopic (exact) mass is 260 g/mol. The van der Waals surface area contributed by atoms with Gasteiger partial charge in [0.25, 0.3) is 0 Å². The second-order valence-corrected chi connectivity index (χ2v) is 4.68. The molecule has 2 rings (SSSR count). The van der Waals surface area contributed by atoms with Crippen LogP contribution in [0.3, 0.4) is 0 Å². The minimum absolute atomic E-state index is 0.587. The van der Waals surface area contributed by atoms with Crippen molar-refractivity contribution < 1.29 is 9.26 Å². The van der Waals surface area contributed by atoms with E-state index in [2.05, 4.69) is 12.1 Å². The van der Waals surface area contributed by atoms with E-state index in [0.29, 0.717) is 6.54 Å². The van der Waals surface area contributed by atoms with Gasteiger partial charge in [-0.05, 0) is 57.0 Å². The smallest absolute Gasteiger partial charge is 0.170 e. The molecule has 0 unspecified atom stereocenters. The lowest BCUT2D eigenvalue weighted by atomic mass is 9.97. The topological polar surface area (TPSA) is 61.3 Å². The Hall–Kier alpha value is -1.81. The molecule has 4 nitrogen and oxygen atoms in total. The van der Waals surface area contributed by atoms with Gasteiger partial charge in [0.05, 0.1) is 12.8 Å². The molecule has 1 aromatic heterocycles. The second-order valence-electron chi connectivity index (χ2n) is 4.68. The quantitative estimate of drug-likeness (QED) is 0.918. The molecular weight excluding hydrogens is 240 g/mol. The molecule has 0 amide bonds. The summed E-state index contributed by atoms with van der Waals surface area (Å²) >= 11 is 0. The number of methoxy groups -OCH3 is 1. The van der Waals surface area contributed by atoms with Gasteiger partial charge in [-0.1, -0.05) is 5.16 Å². The van der Waals surface area contributed by atoms with Crippen LogP contribution in [-0.4, -0.2) is 18.8 Å².